The van der Waals surface area contributed by atoms with Gasteiger partial charge in [-0.25, -0.2) is 0 Å². The summed E-state index contributed by atoms with van der Waals surface area (Å²) in [5, 5.41) is 3.91. The molecule has 2 saturated heterocycles. The van der Waals surface area contributed by atoms with Crippen molar-refractivity contribution in [1.29, 1.82) is 0 Å². The van der Waals surface area contributed by atoms with Gasteiger partial charge in [-0.3, -0.25) is 5.32 Å². The normalized spacial score (nSPS) is 61.7. The fourth-order valence-electron chi connectivity index (χ4n) is 10.5. The van der Waals surface area contributed by atoms with Crippen molar-refractivity contribution < 1.29 is 4.74 Å². The van der Waals surface area contributed by atoms with Crippen molar-refractivity contribution in [1.82, 2.24) is 5.32 Å². The average molecular weight is 400 g/mol. The first-order valence-corrected chi connectivity index (χ1v) is 13.3. The van der Waals surface area contributed by atoms with Gasteiger partial charge in [-0.05, 0) is 104 Å². The lowest BCUT2D eigenvalue weighted by atomic mass is 9.44. The van der Waals surface area contributed by atoms with Crippen LogP contribution in [0.5, 0.6) is 0 Å². The van der Waals surface area contributed by atoms with Gasteiger partial charge in [0.2, 0.25) is 0 Å². The third-order valence-corrected chi connectivity index (χ3v) is 12.1. The molecule has 0 amide bonds. The first-order chi connectivity index (χ1) is 13.9. The monoisotopic (exact) mass is 399 g/mol. The van der Waals surface area contributed by atoms with Crippen LogP contribution in [-0.4, -0.2) is 18.4 Å². The van der Waals surface area contributed by atoms with Crippen LogP contribution in [0.2, 0.25) is 0 Å². The Bertz CT molecular complexity index is 653. The molecule has 29 heavy (non-hydrogen) atoms. The molecule has 6 fully saturated rings. The highest BCUT2D eigenvalue weighted by atomic mass is 16.5. The lowest BCUT2D eigenvalue weighted by molar-refractivity contribution is -0.132. The highest BCUT2D eigenvalue weighted by Gasteiger charge is 2.68. The van der Waals surface area contributed by atoms with Gasteiger partial charge in [0.25, 0.3) is 0 Å². The maximum absolute atomic E-state index is 7.03. The maximum Gasteiger partial charge on any atom is 0.122 e. The summed E-state index contributed by atoms with van der Waals surface area (Å²) in [5.74, 6) is 6.23. The number of nitrogens with one attached hydrogen (secondary N) is 1. The fourth-order valence-corrected chi connectivity index (χ4v) is 10.5. The fraction of sp³-hybridized carbons (Fsp3) is 1.00. The molecule has 6 aliphatic rings. The van der Waals surface area contributed by atoms with Gasteiger partial charge in [0.05, 0.1) is 6.10 Å². The van der Waals surface area contributed by atoms with E-state index in [0.717, 1.165) is 42.1 Å². The summed E-state index contributed by atoms with van der Waals surface area (Å²) >= 11 is 0. The number of hydrogen-bond donors (Lipinski definition) is 1. The van der Waals surface area contributed by atoms with Crippen LogP contribution in [0.3, 0.4) is 0 Å². The van der Waals surface area contributed by atoms with Crippen LogP contribution < -0.4 is 5.32 Å². The molecule has 0 radical (unpaired) electrons. The molecular formula is C27H45NO. The highest BCUT2D eigenvalue weighted by molar-refractivity contribution is 5.16. The number of piperidine rings is 1. The number of ether oxygens (including phenoxy) is 1. The van der Waals surface area contributed by atoms with Crippen molar-refractivity contribution in [3.05, 3.63) is 0 Å². The predicted octanol–water partition coefficient (Wildman–Crippen LogP) is 6.40. The molecule has 0 aromatic heterocycles. The molecule has 0 bridgehead atoms. The molecule has 0 aromatic rings. The van der Waals surface area contributed by atoms with Crippen molar-refractivity contribution in [3.8, 4) is 0 Å². The van der Waals surface area contributed by atoms with Gasteiger partial charge < -0.3 is 4.74 Å². The molecule has 5 unspecified atom stereocenters. The third-order valence-electron chi connectivity index (χ3n) is 12.1. The van der Waals surface area contributed by atoms with E-state index in [4.69, 9.17) is 4.74 Å². The molecule has 2 heterocycles. The van der Waals surface area contributed by atoms with Crippen molar-refractivity contribution in [2.45, 2.75) is 110 Å². The quantitative estimate of drug-likeness (QED) is 0.509. The molecule has 4 aliphatic carbocycles. The van der Waals surface area contributed by atoms with E-state index < -0.39 is 0 Å². The van der Waals surface area contributed by atoms with E-state index in [1.807, 2.05) is 0 Å². The van der Waals surface area contributed by atoms with Gasteiger partial charge >= 0.3 is 0 Å². The van der Waals surface area contributed by atoms with Crippen molar-refractivity contribution in [3.63, 3.8) is 0 Å². The van der Waals surface area contributed by atoms with E-state index in [9.17, 15) is 0 Å². The molecular weight excluding hydrogens is 354 g/mol. The Kier molecular flexibility index (Phi) is 4.37. The number of fused-ring (bicyclic) bond motifs is 7. The minimum Gasteiger partial charge on any atom is -0.357 e. The topological polar surface area (TPSA) is 21.3 Å². The molecule has 164 valence electrons. The zero-order valence-electron chi connectivity index (χ0n) is 19.5. The Morgan fingerprint density at radius 3 is 2.48 bits per heavy atom. The van der Waals surface area contributed by atoms with Crippen LogP contribution >= 0.6 is 0 Å². The second-order valence-corrected chi connectivity index (χ2v) is 13.1. The summed E-state index contributed by atoms with van der Waals surface area (Å²) in [6, 6.07) is 0. The molecule has 2 nitrogen and oxygen atoms in total. The summed E-state index contributed by atoms with van der Waals surface area (Å²) in [5.41, 5.74) is 1.19. The summed E-state index contributed by atoms with van der Waals surface area (Å²) in [6.07, 6.45) is 16.5. The first-order valence-electron chi connectivity index (χ1n) is 13.3. The van der Waals surface area contributed by atoms with Crippen LogP contribution in [0.1, 0.15) is 98.3 Å². The zero-order valence-corrected chi connectivity index (χ0v) is 19.5. The predicted molar refractivity (Wildman–Crippen MR) is 118 cm³/mol. The SMILES string of the molecule is CC1C2[C@H](CC3[C@@H]4CCC5CCCC[C@]5(C)C4CC[C@@]32C)O[C@@]12CC[C@H](C)CN2. The van der Waals surface area contributed by atoms with Gasteiger partial charge in [-0.15, -0.1) is 0 Å². The second kappa shape index (κ2) is 6.47. The highest BCUT2D eigenvalue weighted by Crippen LogP contribution is 2.71. The van der Waals surface area contributed by atoms with Crippen molar-refractivity contribution in [2.75, 3.05) is 6.54 Å². The molecule has 2 heteroatoms. The Hall–Kier alpha value is -0.0800. The van der Waals surface area contributed by atoms with Gasteiger partial charge in [-0.1, -0.05) is 40.5 Å². The summed E-state index contributed by atoms with van der Waals surface area (Å²) in [4.78, 5) is 0. The number of rotatable bonds is 0. The minimum atomic E-state index is -0.000316. The molecule has 2 aliphatic heterocycles. The Balaban J connectivity index is 1.27. The van der Waals surface area contributed by atoms with Gasteiger partial charge in [0.1, 0.15) is 5.72 Å². The maximum atomic E-state index is 7.03. The van der Waals surface area contributed by atoms with Gasteiger partial charge in [0.15, 0.2) is 0 Å². The third kappa shape index (κ3) is 2.54. The standard InChI is InChI=1S/C27H45NO/c1-17-10-14-27(28-16-17)18(2)24-23(29-27)15-22-20-9-8-19-7-5-6-12-25(19,3)21(20)11-13-26(22,24)4/h17-24,28H,5-16H2,1-4H3/t17-,18?,19?,20+,21?,22?,23-,24?,25-,26-,27-/m0/s1. The summed E-state index contributed by atoms with van der Waals surface area (Å²) in [6.45, 7) is 11.5. The Morgan fingerprint density at radius 2 is 1.69 bits per heavy atom. The van der Waals surface area contributed by atoms with E-state index in [0.29, 0.717) is 22.9 Å². The summed E-state index contributed by atoms with van der Waals surface area (Å²) < 4.78 is 7.03. The Morgan fingerprint density at radius 1 is 0.828 bits per heavy atom. The number of hydrogen-bond acceptors (Lipinski definition) is 2. The van der Waals surface area contributed by atoms with Crippen LogP contribution in [0.25, 0.3) is 0 Å². The lowest BCUT2D eigenvalue weighted by Crippen LogP contribution is -2.57. The van der Waals surface area contributed by atoms with Gasteiger partial charge in [-0.2, -0.15) is 0 Å². The van der Waals surface area contributed by atoms with E-state index in [2.05, 4.69) is 33.0 Å². The van der Waals surface area contributed by atoms with E-state index in [1.165, 1.54) is 70.6 Å². The lowest BCUT2D eigenvalue weighted by Gasteiger charge is -2.61. The Labute approximate surface area is 179 Å². The van der Waals surface area contributed by atoms with Crippen LogP contribution in [0.4, 0.5) is 0 Å². The molecule has 11 atom stereocenters. The first kappa shape index (κ1) is 19.6. The van der Waals surface area contributed by atoms with E-state index in [1.54, 1.807) is 0 Å². The second-order valence-electron chi connectivity index (χ2n) is 13.1. The van der Waals surface area contributed by atoms with Gasteiger partial charge in [0, 0.05) is 12.5 Å². The van der Waals surface area contributed by atoms with Crippen molar-refractivity contribution >= 4 is 0 Å². The molecule has 4 saturated carbocycles. The molecule has 6 rings (SSSR count). The van der Waals surface area contributed by atoms with Crippen LogP contribution in [0.15, 0.2) is 0 Å². The van der Waals surface area contributed by atoms with Crippen LogP contribution in [-0.2, 0) is 4.74 Å². The summed E-state index contributed by atoms with van der Waals surface area (Å²) in [7, 11) is 0. The molecule has 0 aromatic carbocycles. The van der Waals surface area contributed by atoms with Crippen LogP contribution in [0, 0.1) is 52.3 Å². The minimum absolute atomic E-state index is 0.000316. The van der Waals surface area contributed by atoms with E-state index >= 15 is 0 Å². The average Bonchev–Trinajstić information content (AvgIpc) is 3.15. The smallest absolute Gasteiger partial charge is 0.122 e. The van der Waals surface area contributed by atoms with Crippen molar-refractivity contribution in [2.24, 2.45) is 52.3 Å². The molecule has 1 spiro atoms. The molecule has 1 N–H and O–H groups in total. The van der Waals surface area contributed by atoms with E-state index in [-0.39, 0.29) is 5.72 Å². The zero-order chi connectivity index (χ0) is 20.0. The largest absolute Gasteiger partial charge is 0.357 e.